The molecule has 23 heavy (non-hydrogen) atoms. The molecule has 0 radical (unpaired) electrons. The molecule has 1 aliphatic rings. The first kappa shape index (κ1) is 15.6. The van der Waals surface area contributed by atoms with E-state index in [4.69, 9.17) is 0 Å². The third-order valence-corrected chi connectivity index (χ3v) is 3.99. The largest absolute Gasteiger partial charge is 0.416 e. The van der Waals surface area contributed by atoms with Crippen LogP contribution < -0.4 is 5.32 Å². The van der Waals surface area contributed by atoms with E-state index < -0.39 is 17.8 Å². The third kappa shape index (κ3) is 2.50. The maximum absolute atomic E-state index is 12.9. The number of fused-ring (bicyclic) bond motifs is 1. The Labute approximate surface area is 131 Å². The lowest BCUT2D eigenvalue weighted by molar-refractivity contribution is -0.137. The standard InChI is InChI=1S/C16H16F3N3O/c1-8(2)12-11-13(20-15(23)14(11)22(3)21-12)9-5-4-6-10(7-9)16(17,18)19/h4-8,13H,1-3H3,(H,20,23). The highest BCUT2D eigenvalue weighted by Gasteiger charge is 2.38. The fraction of sp³-hybridized carbons (Fsp3) is 0.375. The van der Waals surface area contributed by atoms with E-state index in [0.29, 0.717) is 16.8 Å². The van der Waals surface area contributed by atoms with Gasteiger partial charge in [0.1, 0.15) is 5.69 Å². The number of hydrogen-bond acceptors (Lipinski definition) is 2. The summed E-state index contributed by atoms with van der Waals surface area (Å²) in [7, 11) is 1.67. The van der Waals surface area contributed by atoms with Crippen molar-refractivity contribution in [2.75, 3.05) is 0 Å². The summed E-state index contributed by atoms with van der Waals surface area (Å²) in [6, 6.07) is 4.44. The molecule has 2 heterocycles. The van der Waals surface area contributed by atoms with Crippen LogP contribution in [0.15, 0.2) is 24.3 Å². The predicted octanol–water partition coefficient (Wildman–Crippen LogP) is 3.40. The average Bonchev–Trinajstić information content (AvgIpc) is 2.98. The van der Waals surface area contributed by atoms with Gasteiger partial charge in [-0.25, -0.2) is 0 Å². The number of aromatic nitrogens is 2. The Morgan fingerprint density at radius 1 is 1.30 bits per heavy atom. The summed E-state index contributed by atoms with van der Waals surface area (Å²) in [4.78, 5) is 12.2. The van der Waals surface area contributed by atoms with Gasteiger partial charge >= 0.3 is 6.18 Å². The summed E-state index contributed by atoms with van der Waals surface area (Å²) >= 11 is 0. The van der Waals surface area contributed by atoms with Gasteiger partial charge in [0.2, 0.25) is 0 Å². The lowest BCUT2D eigenvalue weighted by atomic mass is 9.94. The van der Waals surface area contributed by atoms with E-state index >= 15 is 0 Å². The van der Waals surface area contributed by atoms with E-state index in [1.54, 1.807) is 13.1 Å². The summed E-state index contributed by atoms with van der Waals surface area (Å²) < 4.78 is 40.3. The van der Waals surface area contributed by atoms with Crippen LogP contribution in [0.5, 0.6) is 0 Å². The molecule has 0 saturated heterocycles. The molecule has 0 saturated carbocycles. The maximum atomic E-state index is 12.9. The van der Waals surface area contributed by atoms with Crippen LogP contribution in [-0.2, 0) is 13.2 Å². The zero-order valence-electron chi connectivity index (χ0n) is 12.9. The van der Waals surface area contributed by atoms with Crippen LogP contribution in [0.1, 0.15) is 58.7 Å². The topological polar surface area (TPSA) is 46.9 Å². The highest BCUT2D eigenvalue weighted by Crippen LogP contribution is 2.38. The third-order valence-electron chi connectivity index (χ3n) is 3.99. The highest BCUT2D eigenvalue weighted by molar-refractivity contribution is 5.98. The maximum Gasteiger partial charge on any atom is 0.416 e. The van der Waals surface area contributed by atoms with E-state index in [9.17, 15) is 18.0 Å². The van der Waals surface area contributed by atoms with Crippen molar-refractivity contribution in [1.29, 1.82) is 0 Å². The quantitative estimate of drug-likeness (QED) is 0.921. The minimum atomic E-state index is -4.42. The van der Waals surface area contributed by atoms with Crippen molar-refractivity contribution in [2.24, 2.45) is 7.05 Å². The number of carbonyl (C=O) groups excluding carboxylic acids is 1. The first-order chi connectivity index (χ1) is 10.7. The van der Waals surface area contributed by atoms with Gasteiger partial charge in [-0.05, 0) is 23.6 Å². The van der Waals surface area contributed by atoms with Crippen molar-refractivity contribution in [1.82, 2.24) is 15.1 Å². The Hall–Kier alpha value is -2.31. The van der Waals surface area contributed by atoms with E-state index in [2.05, 4.69) is 10.4 Å². The van der Waals surface area contributed by atoms with Gasteiger partial charge in [-0.15, -0.1) is 0 Å². The molecule has 1 unspecified atom stereocenters. The van der Waals surface area contributed by atoms with Gasteiger partial charge < -0.3 is 5.32 Å². The van der Waals surface area contributed by atoms with Gasteiger partial charge in [-0.2, -0.15) is 18.3 Å². The molecule has 1 aromatic heterocycles. The molecule has 0 fully saturated rings. The van der Waals surface area contributed by atoms with Crippen molar-refractivity contribution in [2.45, 2.75) is 32.0 Å². The molecule has 7 heteroatoms. The Kier molecular flexibility index (Phi) is 3.46. The second-order valence-electron chi connectivity index (χ2n) is 5.96. The van der Waals surface area contributed by atoms with Crippen LogP contribution in [0, 0.1) is 0 Å². The van der Waals surface area contributed by atoms with Crippen LogP contribution in [0.25, 0.3) is 0 Å². The molecule has 1 N–H and O–H groups in total. The number of hydrogen-bond donors (Lipinski definition) is 1. The number of nitrogens with one attached hydrogen (secondary N) is 1. The Morgan fingerprint density at radius 2 is 2.00 bits per heavy atom. The van der Waals surface area contributed by atoms with Crippen molar-refractivity contribution < 1.29 is 18.0 Å². The minimum Gasteiger partial charge on any atom is -0.340 e. The van der Waals surface area contributed by atoms with Crippen molar-refractivity contribution in [3.05, 3.63) is 52.3 Å². The molecule has 2 aromatic rings. The molecule has 0 spiro atoms. The predicted molar refractivity (Wildman–Crippen MR) is 78.1 cm³/mol. The average molecular weight is 323 g/mol. The number of carbonyl (C=O) groups is 1. The number of halogens is 3. The Balaban J connectivity index is 2.13. The van der Waals surface area contributed by atoms with Crippen LogP contribution >= 0.6 is 0 Å². The van der Waals surface area contributed by atoms with Crippen molar-refractivity contribution in [3.8, 4) is 0 Å². The van der Waals surface area contributed by atoms with E-state index in [1.807, 2.05) is 13.8 Å². The Morgan fingerprint density at radius 3 is 2.61 bits per heavy atom. The number of nitrogens with zero attached hydrogens (tertiary/aromatic N) is 2. The lowest BCUT2D eigenvalue weighted by Gasteiger charge is -2.16. The van der Waals surface area contributed by atoms with E-state index in [1.165, 1.54) is 10.7 Å². The molecular weight excluding hydrogens is 307 g/mol. The minimum absolute atomic E-state index is 0.0611. The van der Waals surface area contributed by atoms with E-state index in [-0.39, 0.29) is 11.8 Å². The molecule has 0 aliphatic carbocycles. The number of rotatable bonds is 2. The molecule has 4 nitrogen and oxygen atoms in total. The van der Waals surface area contributed by atoms with Gasteiger partial charge in [0, 0.05) is 12.6 Å². The SMILES string of the molecule is CC(C)c1nn(C)c2c1C(c1cccc(C(F)(F)F)c1)NC2=O. The summed E-state index contributed by atoms with van der Waals surface area (Å²) in [5, 5.41) is 7.13. The van der Waals surface area contributed by atoms with Gasteiger partial charge in [0.25, 0.3) is 5.91 Å². The summed E-state index contributed by atoms with van der Waals surface area (Å²) in [6.45, 7) is 3.88. The van der Waals surface area contributed by atoms with Crippen LogP contribution in [0.2, 0.25) is 0 Å². The monoisotopic (exact) mass is 323 g/mol. The smallest absolute Gasteiger partial charge is 0.340 e. The molecule has 1 aliphatic heterocycles. The number of benzene rings is 1. The molecule has 0 bridgehead atoms. The molecule has 1 amide bonds. The normalized spacial score (nSPS) is 17.5. The fourth-order valence-electron chi connectivity index (χ4n) is 2.96. The zero-order chi connectivity index (χ0) is 16.9. The molecule has 3 rings (SSSR count). The zero-order valence-corrected chi connectivity index (χ0v) is 12.9. The van der Waals surface area contributed by atoms with Crippen molar-refractivity contribution >= 4 is 5.91 Å². The van der Waals surface area contributed by atoms with E-state index in [0.717, 1.165) is 17.8 Å². The van der Waals surface area contributed by atoms with Crippen molar-refractivity contribution in [3.63, 3.8) is 0 Å². The first-order valence-corrected chi connectivity index (χ1v) is 7.25. The van der Waals surface area contributed by atoms with Gasteiger partial charge in [0.15, 0.2) is 0 Å². The number of alkyl halides is 3. The second-order valence-corrected chi connectivity index (χ2v) is 5.96. The summed E-state index contributed by atoms with van der Waals surface area (Å²) in [5.74, 6) is -0.254. The van der Waals surface area contributed by atoms with Crippen LogP contribution in [-0.4, -0.2) is 15.7 Å². The molecule has 1 aromatic carbocycles. The van der Waals surface area contributed by atoms with Gasteiger partial charge in [-0.1, -0.05) is 26.0 Å². The number of amides is 1. The lowest BCUT2D eigenvalue weighted by Crippen LogP contribution is -2.23. The molecular formula is C16H16F3N3O. The van der Waals surface area contributed by atoms with Crippen LogP contribution in [0.3, 0.4) is 0 Å². The summed E-state index contributed by atoms with van der Waals surface area (Å²) in [6.07, 6.45) is -4.42. The van der Waals surface area contributed by atoms with Gasteiger partial charge in [0.05, 0.1) is 17.3 Å². The molecule has 1 atom stereocenters. The first-order valence-electron chi connectivity index (χ1n) is 7.25. The molecule has 122 valence electrons. The second kappa shape index (κ2) is 5.11. The fourth-order valence-corrected chi connectivity index (χ4v) is 2.96. The van der Waals surface area contributed by atoms with Gasteiger partial charge in [-0.3, -0.25) is 9.48 Å². The number of aryl methyl sites for hydroxylation is 1. The highest BCUT2D eigenvalue weighted by atomic mass is 19.4. The Bertz CT molecular complexity index is 777. The summed E-state index contributed by atoms with van der Waals surface area (Å²) in [5.41, 5.74) is 1.49. The van der Waals surface area contributed by atoms with Crippen LogP contribution in [0.4, 0.5) is 13.2 Å².